The predicted molar refractivity (Wildman–Crippen MR) is 108 cm³/mol. The molecule has 0 aliphatic rings. The standard InChI is InChI=1S/C23H46/c1-3-5-7-9-11-13-15-17-19-21-23-22-20-18-16-14-12-10-8-6-4-2/h11,13H,3-10,12,14-23H2,1-2H3/b13-11+. The lowest BCUT2D eigenvalue weighted by molar-refractivity contribution is 0.536. The van der Waals surface area contributed by atoms with Gasteiger partial charge in [-0.25, -0.2) is 0 Å². The Balaban J connectivity index is 3.00. The molecule has 0 rings (SSSR count). The van der Waals surface area contributed by atoms with Crippen LogP contribution in [0.5, 0.6) is 0 Å². The maximum absolute atomic E-state index is 2.41. The second-order valence-corrected chi connectivity index (χ2v) is 7.35. The first-order valence-corrected chi connectivity index (χ1v) is 11.1. The minimum atomic E-state index is 1.30. The van der Waals surface area contributed by atoms with Crippen LogP contribution in [0.15, 0.2) is 12.2 Å². The lowest BCUT2D eigenvalue weighted by atomic mass is 10.0. The summed E-state index contributed by atoms with van der Waals surface area (Å²) in [6.45, 7) is 4.57. The molecule has 0 bridgehead atoms. The fraction of sp³-hybridized carbons (Fsp3) is 0.913. The number of rotatable bonds is 19. The first kappa shape index (κ1) is 22.7. The van der Waals surface area contributed by atoms with Crippen LogP contribution in [0, 0.1) is 0 Å². The van der Waals surface area contributed by atoms with Crippen molar-refractivity contribution in [2.24, 2.45) is 0 Å². The Bertz CT molecular complexity index is 216. The highest BCUT2D eigenvalue weighted by molar-refractivity contribution is 4.81. The number of allylic oxidation sites excluding steroid dienone is 2. The summed E-state index contributed by atoms with van der Waals surface area (Å²) in [5.41, 5.74) is 0. The average Bonchev–Trinajstić information content (AvgIpc) is 2.57. The third-order valence-electron chi connectivity index (χ3n) is 4.87. The largest absolute Gasteiger partial charge is 0.0885 e. The van der Waals surface area contributed by atoms with Crippen LogP contribution in [0.3, 0.4) is 0 Å². The Kier molecular flexibility index (Phi) is 21.5. The minimum Gasteiger partial charge on any atom is -0.0885 e. The zero-order valence-corrected chi connectivity index (χ0v) is 16.6. The van der Waals surface area contributed by atoms with Gasteiger partial charge >= 0.3 is 0 Å². The molecule has 0 aromatic rings. The van der Waals surface area contributed by atoms with E-state index in [-0.39, 0.29) is 0 Å². The van der Waals surface area contributed by atoms with Gasteiger partial charge in [-0.15, -0.1) is 0 Å². The van der Waals surface area contributed by atoms with E-state index in [9.17, 15) is 0 Å². The van der Waals surface area contributed by atoms with Crippen LogP contribution in [0.1, 0.15) is 136 Å². The normalized spacial score (nSPS) is 11.6. The lowest BCUT2D eigenvalue weighted by Gasteiger charge is -2.02. The minimum absolute atomic E-state index is 1.30. The van der Waals surface area contributed by atoms with Crippen LogP contribution in [0.4, 0.5) is 0 Å². The number of unbranched alkanes of at least 4 members (excludes halogenated alkanes) is 17. The molecule has 0 unspecified atom stereocenters. The van der Waals surface area contributed by atoms with Gasteiger partial charge in [0.15, 0.2) is 0 Å². The molecule has 0 heteroatoms. The SMILES string of the molecule is CCCCC/C=C/CCCCCCCCCCCCCCCC. The van der Waals surface area contributed by atoms with Crippen LogP contribution in [-0.2, 0) is 0 Å². The molecular formula is C23H46. The van der Waals surface area contributed by atoms with Crippen molar-refractivity contribution in [1.82, 2.24) is 0 Å². The highest BCUT2D eigenvalue weighted by Crippen LogP contribution is 2.13. The first-order valence-electron chi connectivity index (χ1n) is 11.1. The van der Waals surface area contributed by atoms with E-state index in [1.807, 2.05) is 0 Å². The van der Waals surface area contributed by atoms with E-state index in [4.69, 9.17) is 0 Å². The molecule has 0 fully saturated rings. The molecule has 0 saturated carbocycles. The fourth-order valence-corrected chi connectivity index (χ4v) is 3.20. The summed E-state index contributed by atoms with van der Waals surface area (Å²) in [4.78, 5) is 0. The molecule has 0 atom stereocenters. The van der Waals surface area contributed by atoms with E-state index >= 15 is 0 Å². The van der Waals surface area contributed by atoms with Gasteiger partial charge in [0.05, 0.1) is 0 Å². The molecule has 0 heterocycles. The van der Waals surface area contributed by atoms with Crippen LogP contribution < -0.4 is 0 Å². The summed E-state index contributed by atoms with van der Waals surface area (Å²) in [6, 6.07) is 0. The molecule has 23 heavy (non-hydrogen) atoms. The first-order chi connectivity index (χ1) is 11.4. The van der Waals surface area contributed by atoms with Gasteiger partial charge < -0.3 is 0 Å². The van der Waals surface area contributed by atoms with Crippen LogP contribution in [0.2, 0.25) is 0 Å². The van der Waals surface area contributed by atoms with Gasteiger partial charge in [0.1, 0.15) is 0 Å². The summed E-state index contributed by atoms with van der Waals surface area (Å²) in [5, 5.41) is 0. The summed E-state index contributed by atoms with van der Waals surface area (Å²) < 4.78 is 0. The van der Waals surface area contributed by atoms with E-state index < -0.39 is 0 Å². The Morgan fingerprint density at radius 1 is 0.348 bits per heavy atom. The Morgan fingerprint density at radius 2 is 0.609 bits per heavy atom. The highest BCUT2D eigenvalue weighted by atomic mass is 14.0. The van der Waals surface area contributed by atoms with Gasteiger partial charge in [-0.05, 0) is 25.7 Å². The van der Waals surface area contributed by atoms with Crippen molar-refractivity contribution >= 4 is 0 Å². The van der Waals surface area contributed by atoms with Gasteiger partial charge in [-0.1, -0.05) is 122 Å². The predicted octanol–water partition coefficient (Wildman–Crippen LogP) is 8.99. The summed E-state index contributed by atoms with van der Waals surface area (Å²) >= 11 is 0. The van der Waals surface area contributed by atoms with E-state index in [1.165, 1.54) is 122 Å². The quantitative estimate of drug-likeness (QED) is 0.164. The van der Waals surface area contributed by atoms with Crippen molar-refractivity contribution in [2.45, 2.75) is 136 Å². The van der Waals surface area contributed by atoms with E-state index in [1.54, 1.807) is 0 Å². The number of hydrogen-bond donors (Lipinski definition) is 0. The van der Waals surface area contributed by atoms with Crippen LogP contribution in [0.25, 0.3) is 0 Å². The zero-order chi connectivity index (χ0) is 16.8. The van der Waals surface area contributed by atoms with E-state index in [0.29, 0.717) is 0 Å². The van der Waals surface area contributed by atoms with E-state index in [2.05, 4.69) is 26.0 Å². The molecular weight excluding hydrogens is 276 g/mol. The summed E-state index contributed by atoms with van der Waals surface area (Å²) in [5.74, 6) is 0. The Labute approximate surface area is 148 Å². The van der Waals surface area contributed by atoms with Crippen molar-refractivity contribution in [3.63, 3.8) is 0 Å². The molecule has 0 radical (unpaired) electrons. The van der Waals surface area contributed by atoms with Gasteiger partial charge in [0, 0.05) is 0 Å². The molecule has 0 aromatic heterocycles. The van der Waals surface area contributed by atoms with Gasteiger partial charge in [0.2, 0.25) is 0 Å². The maximum Gasteiger partial charge on any atom is -0.0351 e. The van der Waals surface area contributed by atoms with Gasteiger partial charge in [-0.3, -0.25) is 0 Å². The zero-order valence-electron chi connectivity index (χ0n) is 16.6. The second-order valence-electron chi connectivity index (χ2n) is 7.35. The summed E-state index contributed by atoms with van der Waals surface area (Å²) in [6.07, 6.45) is 31.9. The van der Waals surface area contributed by atoms with Gasteiger partial charge in [0.25, 0.3) is 0 Å². The highest BCUT2D eigenvalue weighted by Gasteiger charge is 1.93. The topological polar surface area (TPSA) is 0 Å². The van der Waals surface area contributed by atoms with Crippen molar-refractivity contribution in [3.05, 3.63) is 12.2 Å². The molecule has 0 aromatic carbocycles. The van der Waals surface area contributed by atoms with Crippen LogP contribution >= 0.6 is 0 Å². The van der Waals surface area contributed by atoms with E-state index in [0.717, 1.165) is 0 Å². The Morgan fingerprint density at radius 3 is 1.00 bits per heavy atom. The molecule has 138 valence electrons. The Hall–Kier alpha value is -0.260. The van der Waals surface area contributed by atoms with Crippen LogP contribution in [-0.4, -0.2) is 0 Å². The van der Waals surface area contributed by atoms with Crippen molar-refractivity contribution in [3.8, 4) is 0 Å². The molecule has 0 N–H and O–H groups in total. The average molecular weight is 323 g/mol. The van der Waals surface area contributed by atoms with Crippen molar-refractivity contribution in [2.75, 3.05) is 0 Å². The molecule has 0 aliphatic carbocycles. The molecule has 0 spiro atoms. The molecule has 0 saturated heterocycles. The van der Waals surface area contributed by atoms with Crippen molar-refractivity contribution < 1.29 is 0 Å². The number of hydrogen-bond acceptors (Lipinski definition) is 0. The lowest BCUT2D eigenvalue weighted by Crippen LogP contribution is -1.83. The monoisotopic (exact) mass is 322 g/mol. The maximum atomic E-state index is 2.41. The molecule has 0 nitrogen and oxygen atoms in total. The summed E-state index contributed by atoms with van der Waals surface area (Å²) in [7, 11) is 0. The third kappa shape index (κ3) is 21.7. The molecule has 0 amide bonds. The smallest absolute Gasteiger partial charge is 0.0351 e. The molecule has 0 aliphatic heterocycles. The second kappa shape index (κ2) is 21.7. The van der Waals surface area contributed by atoms with Gasteiger partial charge in [-0.2, -0.15) is 0 Å². The third-order valence-corrected chi connectivity index (χ3v) is 4.87. The van der Waals surface area contributed by atoms with Crippen molar-refractivity contribution in [1.29, 1.82) is 0 Å². The fourth-order valence-electron chi connectivity index (χ4n) is 3.20.